The predicted molar refractivity (Wildman–Crippen MR) is 90.1 cm³/mol. The Balaban J connectivity index is 1.89. The van der Waals surface area contributed by atoms with Crippen molar-refractivity contribution in [3.63, 3.8) is 0 Å². The fraction of sp³-hybridized carbons (Fsp3) is 0.538. The summed E-state index contributed by atoms with van der Waals surface area (Å²) in [6.07, 6.45) is 5.13. The molecular formula is C13H15ClN2O3S3. The highest BCUT2D eigenvalue weighted by Gasteiger charge is 2.36. The summed E-state index contributed by atoms with van der Waals surface area (Å²) >= 11 is 7.97. The Morgan fingerprint density at radius 2 is 1.95 bits per heavy atom. The molecule has 0 N–H and O–H groups in total. The number of thioether (sulfide) groups is 1. The SMILES string of the molecule is O=C1CSC(=NS(=O)(=O)c2ccc(Cl)s2)N1C1CCCCC1. The molecule has 5 nitrogen and oxygen atoms in total. The van der Waals surface area contributed by atoms with E-state index in [2.05, 4.69) is 4.40 Å². The van der Waals surface area contributed by atoms with Crippen molar-refractivity contribution in [3.8, 4) is 0 Å². The fourth-order valence-electron chi connectivity index (χ4n) is 2.73. The van der Waals surface area contributed by atoms with Crippen molar-refractivity contribution >= 4 is 55.8 Å². The number of hydrogen-bond donors (Lipinski definition) is 0. The Morgan fingerprint density at radius 1 is 1.23 bits per heavy atom. The largest absolute Gasteiger partial charge is 0.294 e. The number of rotatable bonds is 3. The first kappa shape index (κ1) is 16.3. The van der Waals surface area contributed by atoms with Gasteiger partial charge >= 0.3 is 0 Å². The van der Waals surface area contributed by atoms with Crippen LogP contribution in [-0.4, -0.2) is 36.2 Å². The van der Waals surface area contributed by atoms with Gasteiger partial charge in [0.05, 0.1) is 10.1 Å². The molecule has 0 bridgehead atoms. The summed E-state index contributed by atoms with van der Waals surface area (Å²) in [5, 5.41) is 0.307. The lowest BCUT2D eigenvalue weighted by Crippen LogP contribution is -2.41. The van der Waals surface area contributed by atoms with E-state index >= 15 is 0 Å². The Labute approximate surface area is 142 Å². The van der Waals surface area contributed by atoms with Gasteiger partial charge < -0.3 is 0 Å². The first-order chi connectivity index (χ1) is 10.5. The molecular weight excluding hydrogens is 364 g/mol. The topological polar surface area (TPSA) is 66.8 Å². The Morgan fingerprint density at radius 3 is 2.59 bits per heavy atom. The Bertz CT molecular complexity index is 708. The zero-order valence-corrected chi connectivity index (χ0v) is 14.9. The molecule has 2 aliphatic rings. The van der Waals surface area contributed by atoms with Crippen LogP contribution in [0.4, 0.5) is 0 Å². The molecule has 0 spiro atoms. The lowest BCUT2D eigenvalue weighted by Gasteiger charge is -2.30. The van der Waals surface area contributed by atoms with Gasteiger partial charge in [0.2, 0.25) is 5.91 Å². The molecule has 1 saturated heterocycles. The van der Waals surface area contributed by atoms with E-state index in [0.717, 1.165) is 37.0 Å². The molecule has 1 amide bonds. The first-order valence-corrected chi connectivity index (χ1v) is 10.6. The number of carbonyl (C=O) groups excluding carboxylic acids is 1. The van der Waals surface area contributed by atoms with Gasteiger partial charge in [-0.05, 0) is 25.0 Å². The highest BCUT2D eigenvalue weighted by Crippen LogP contribution is 2.32. The van der Waals surface area contributed by atoms with Gasteiger partial charge in [0, 0.05) is 6.04 Å². The number of nitrogens with zero attached hydrogens (tertiary/aromatic N) is 2. The van der Waals surface area contributed by atoms with Crippen LogP contribution in [0.1, 0.15) is 32.1 Å². The van der Waals surface area contributed by atoms with Crippen LogP contribution in [0.25, 0.3) is 0 Å². The number of halogens is 1. The molecule has 0 aromatic carbocycles. The third-order valence-corrected chi connectivity index (χ3v) is 7.76. The van der Waals surface area contributed by atoms with Gasteiger partial charge in [-0.3, -0.25) is 9.69 Å². The summed E-state index contributed by atoms with van der Waals surface area (Å²) in [4.78, 5) is 13.7. The minimum Gasteiger partial charge on any atom is -0.287 e. The van der Waals surface area contributed by atoms with E-state index in [1.54, 1.807) is 4.90 Å². The lowest BCUT2D eigenvalue weighted by molar-refractivity contribution is -0.126. The Kier molecular flexibility index (Phi) is 4.82. The monoisotopic (exact) mass is 378 g/mol. The molecule has 22 heavy (non-hydrogen) atoms. The maximum absolute atomic E-state index is 12.3. The number of amides is 1. The summed E-state index contributed by atoms with van der Waals surface area (Å²) < 4.78 is 29.1. The van der Waals surface area contributed by atoms with Gasteiger partial charge in [-0.25, -0.2) is 0 Å². The van der Waals surface area contributed by atoms with Crippen molar-refractivity contribution in [3.05, 3.63) is 16.5 Å². The molecule has 1 aromatic rings. The van der Waals surface area contributed by atoms with E-state index in [9.17, 15) is 13.2 Å². The zero-order valence-electron chi connectivity index (χ0n) is 11.7. The summed E-state index contributed by atoms with van der Waals surface area (Å²) in [6, 6.07) is 3.06. The van der Waals surface area contributed by atoms with Crippen LogP contribution >= 0.6 is 34.7 Å². The molecule has 1 aromatic heterocycles. The van der Waals surface area contributed by atoms with Crippen LogP contribution in [-0.2, 0) is 14.8 Å². The Hall–Kier alpha value is -0.570. The van der Waals surface area contributed by atoms with Gasteiger partial charge in [-0.1, -0.05) is 42.6 Å². The van der Waals surface area contributed by atoms with E-state index in [-0.39, 0.29) is 21.9 Å². The van der Waals surface area contributed by atoms with Crippen LogP contribution in [0.15, 0.2) is 20.7 Å². The highest BCUT2D eigenvalue weighted by atomic mass is 35.5. The zero-order chi connectivity index (χ0) is 15.7. The summed E-state index contributed by atoms with van der Waals surface area (Å²) in [5.41, 5.74) is 0. The van der Waals surface area contributed by atoms with E-state index < -0.39 is 10.0 Å². The van der Waals surface area contributed by atoms with Crippen molar-refractivity contribution in [2.24, 2.45) is 4.40 Å². The van der Waals surface area contributed by atoms with Crippen LogP contribution < -0.4 is 0 Å². The van der Waals surface area contributed by atoms with Gasteiger partial charge in [0.25, 0.3) is 10.0 Å². The minimum absolute atomic E-state index is 0.0462. The molecule has 1 aliphatic heterocycles. The molecule has 2 fully saturated rings. The van der Waals surface area contributed by atoms with Gasteiger partial charge in [0.1, 0.15) is 4.21 Å². The average Bonchev–Trinajstić information content (AvgIpc) is 3.07. The standard InChI is InChI=1S/C13H15ClN2O3S3/c14-10-6-7-12(21-10)22(18,19)15-13-16(11(17)8-20-13)9-4-2-1-3-5-9/h6-7,9H,1-5,8H2. The summed E-state index contributed by atoms with van der Waals surface area (Å²) in [6.45, 7) is 0. The number of sulfonamides is 1. The van der Waals surface area contributed by atoms with Gasteiger partial charge in [-0.15, -0.1) is 15.7 Å². The third-order valence-electron chi connectivity index (χ3n) is 3.74. The molecule has 0 atom stereocenters. The van der Waals surface area contributed by atoms with E-state index in [4.69, 9.17) is 11.6 Å². The number of carbonyl (C=O) groups is 1. The summed E-state index contributed by atoms with van der Waals surface area (Å²) in [7, 11) is -3.81. The van der Waals surface area contributed by atoms with Crippen LogP contribution in [0.3, 0.4) is 0 Å². The first-order valence-electron chi connectivity index (χ1n) is 7.02. The fourth-order valence-corrected chi connectivity index (χ4v) is 6.35. The second-order valence-corrected chi connectivity index (χ2v) is 9.74. The normalized spacial score (nSPS) is 22.7. The smallest absolute Gasteiger partial charge is 0.287 e. The third kappa shape index (κ3) is 3.34. The molecule has 0 radical (unpaired) electrons. The maximum atomic E-state index is 12.3. The highest BCUT2D eigenvalue weighted by molar-refractivity contribution is 8.15. The molecule has 0 unspecified atom stereocenters. The van der Waals surface area contributed by atoms with E-state index in [0.29, 0.717) is 9.50 Å². The van der Waals surface area contributed by atoms with Crippen molar-refractivity contribution < 1.29 is 13.2 Å². The second-order valence-electron chi connectivity index (χ2n) is 5.25. The van der Waals surface area contributed by atoms with Crippen LogP contribution in [0.5, 0.6) is 0 Å². The lowest BCUT2D eigenvalue weighted by atomic mass is 9.94. The van der Waals surface area contributed by atoms with Crippen LogP contribution in [0, 0.1) is 0 Å². The van der Waals surface area contributed by atoms with Gasteiger partial charge in [-0.2, -0.15) is 8.42 Å². The van der Waals surface area contributed by atoms with Crippen molar-refractivity contribution in [1.29, 1.82) is 0 Å². The van der Waals surface area contributed by atoms with Crippen molar-refractivity contribution in [1.82, 2.24) is 4.90 Å². The maximum Gasteiger partial charge on any atom is 0.294 e. The van der Waals surface area contributed by atoms with Crippen LogP contribution in [0.2, 0.25) is 4.34 Å². The van der Waals surface area contributed by atoms with Crippen molar-refractivity contribution in [2.75, 3.05) is 5.75 Å². The molecule has 1 saturated carbocycles. The number of hydrogen-bond acceptors (Lipinski definition) is 5. The van der Waals surface area contributed by atoms with Crippen molar-refractivity contribution in [2.45, 2.75) is 42.4 Å². The quantitative estimate of drug-likeness (QED) is 0.808. The van der Waals surface area contributed by atoms with Gasteiger partial charge in [0.15, 0.2) is 5.17 Å². The molecule has 2 heterocycles. The summed E-state index contributed by atoms with van der Waals surface area (Å²) in [5.74, 6) is 0.214. The molecule has 3 rings (SSSR count). The number of amidine groups is 1. The minimum atomic E-state index is -3.81. The molecule has 9 heteroatoms. The number of thiophene rings is 1. The molecule has 1 aliphatic carbocycles. The average molecular weight is 379 g/mol. The van der Waals surface area contributed by atoms with E-state index in [1.807, 2.05) is 0 Å². The predicted octanol–water partition coefficient (Wildman–Crippen LogP) is 3.35. The molecule has 120 valence electrons. The van der Waals surface area contributed by atoms with E-state index in [1.165, 1.54) is 30.3 Å². The second kappa shape index (κ2) is 6.51.